The molecule has 0 amide bonds. The summed E-state index contributed by atoms with van der Waals surface area (Å²) in [4.78, 5) is 13.8. The maximum absolute atomic E-state index is 12.5. The summed E-state index contributed by atoms with van der Waals surface area (Å²) >= 11 is 6.45. The third kappa shape index (κ3) is 4.88. The van der Waals surface area contributed by atoms with E-state index in [1.165, 1.54) is 11.4 Å². The predicted molar refractivity (Wildman–Crippen MR) is 144 cm³/mol. The van der Waals surface area contributed by atoms with Crippen LogP contribution in [0.3, 0.4) is 0 Å². The van der Waals surface area contributed by atoms with Crippen molar-refractivity contribution in [3.8, 4) is 11.4 Å². The van der Waals surface area contributed by atoms with Gasteiger partial charge in [0.2, 0.25) is 10.0 Å². The Balaban J connectivity index is 1.62. The van der Waals surface area contributed by atoms with Gasteiger partial charge in [-0.25, -0.2) is 28.1 Å². The standard InChI is InChI=1S/C24H29ClN8O3S/c1-14-26-23(31(3)30-14)16-9-10-17(19(12-16)32(4)37(5,34)35)28-18-13-20(25)29-24-22(18)27-15(2)33(24)21-8-6-7-11-36-21/h9-10,12-13,21H,6-8,11H2,1-5H3,(H,28,29). The molecule has 0 aliphatic carbocycles. The van der Waals surface area contributed by atoms with Gasteiger partial charge in [0.25, 0.3) is 0 Å². The summed E-state index contributed by atoms with van der Waals surface area (Å²) in [6, 6.07) is 7.13. The number of fused-ring (bicyclic) bond motifs is 1. The van der Waals surface area contributed by atoms with E-state index in [0.717, 1.165) is 36.9 Å². The van der Waals surface area contributed by atoms with Crippen molar-refractivity contribution in [1.82, 2.24) is 29.3 Å². The fraction of sp³-hybridized carbons (Fsp3) is 0.417. The predicted octanol–water partition coefficient (Wildman–Crippen LogP) is 4.34. The molecule has 11 nitrogen and oxygen atoms in total. The van der Waals surface area contributed by atoms with Gasteiger partial charge < -0.3 is 10.1 Å². The minimum absolute atomic E-state index is 0.154. The minimum Gasteiger partial charge on any atom is -0.358 e. The number of imidazole rings is 1. The van der Waals surface area contributed by atoms with Crippen molar-refractivity contribution in [3.63, 3.8) is 0 Å². The third-order valence-corrected chi connectivity index (χ3v) is 7.85. The molecule has 1 fully saturated rings. The third-order valence-electron chi connectivity index (χ3n) is 6.47. The van der Waals surface area contributed by atoms with E-state index in [2.05, 4.69) is 20.4 Å². The molecule has 3 aromatic heterocycles. The maximum Gasteiger partial charge on any atom is 0.232 e. The molecule has 1 aliphatic heterocycles. The number of ether oxygens (including phenoxy) is 1. The Morgan fingerprint density at radius 2 is 1.92 bits per heavy atom. The van der Waals surface area contributed by atoms with Crippen molar-refractivity contribution in [3.05, 3.63) is 41.1 Å². The van der Waals surface area contributed by atoms with Crippen molar-refractivity contribution >= 4 is 49.9 Å². The van der Waals surface area contributed by atoms with Gasteiger partial charge in [-0.2, -0.15) is 5.10 Å². The number of anilines is 3. The number of aryl methyl sites for hydroxylation is 3. The van der Waals surface area contributed by atoms with E-state index in [0.29, 0.717) is 46.5 Å². The van der Waals surface area contributed by atoms with E-state index < -0.39 is 10.0 Å². The second-order valence-electron chi connectivity index (χ2n) is 9.21. The first-order valence-electron chi connectivity index (χ1n) is 11.9. The lowest BCUT2D eigenvalue weighted by atomic mass is 10.1. The highest BCUT2D eigenvalue weighted by atomic mass is 35.5. The van der Waals surface area contributed by atoms with E-state index in [-0.39, 0.29) is 11.4 Å². The molecule has 0 saturated carbocycles. The van der Waals surface area contributed by atoms with Gasteiger partial charge in [0.05, 0.1) is 23.3 Å². The van der Waals surface area contributed by atoms with Crippen molar-refractivity contribution in [2.45, 2.75) is 39.3 Å². The highest BCUT2D eigenvalue weighted by Gasteiger charge is 2.24. The Labute approximate surface area is 220 Å². The first-order valence-corrected chi connectivity index (χ1v) is 14.1. The fourth-order valence-corrected chi connectivity index (χ4v) is 5.33. The lowest BCUT2D eigenvalue weighted by Crippen LogP contribution is -2.25. The van der Waals surface area contributed by atoms with Gasteiger partial charge in [-0.3, -0.25) is 8.87 Å². The van der Waals surface area contributed by atoms with E-state index in [1.807, 2.05) is 23.6 Å². The molecule has 0 radical (unpaired) electrons. The number of hydrogen-bond acceptors (Lipinski definition) is 8. The lowest BCUT2D eigenvalue weighted by molar-refractivity contribution is -0.0309. The highest BCUT2D eigenvalue weighted by Crippen LogP contribution is 2.37. The topological polar surface area (TPSA) is 120 Å². The summed E-state index contributed by atoms with van der Waals surface area (Å²) in [5.74, 6) is 2.02. The van der Waals surface area contributed by atoms with Gasteiger partial charge in [0.15, 0.2) is 11.5 Å². The molecule has 196 valence electrons. The molecule has 4 aromatic rings. The maximum atomic E-state index is 12.5. The number of hydrogen-bond donors (Lipinski definition) is 1. The highest BCUT2D eigenvalue weighted by molar-refractivity contribution is 7.92. The van der Waals surface area contributed by atoms with E-state index in [4.69, 9.17) is 21.3 Å². The zero-order valence-corrected chi connectivity index (χ0v) is 22.9. The van der Waals surface area contributed by atoms with Crippen LogP contribution in [0.5, 0.6) is 0 Å². The Morgan fingerprint density at radius 1 is 1.14 bits per heavy atom. The number of sulfonamides is 1. The average molecular weight is 545 g/mol. The quantitative estimate of drug-likeness (QED) is 0.356. The fourth-order valence-electron chi connectivity index (χ4n) is 4.63. The summed E-state index contributed by atoms with van der Waals surface area (Å²) in [5.41, 5.74) is 3.57. The van der Waals surface area contributed by atoms with Crippen LogP contribution < -0.4 is 9.62 Å². The molecular weight excluding hydrogens is 516 g/mol. The first-order chi connectivity index (χ1) is 17.5. The molecule has 13 heteroatoms. The molecule has 1 atom stereocenters. The van der Waals surface area contributed by atoms with Crippen LogP contribution in [0.15, 0.2) is 24.3 Å². The van der Waals surface area contributed by atoms with Crippen LogP contribution in [0.2, 0.25) is 5.15 Å². The van der Waals surface area contributed by atoms with Gasteiger partial charge in [-0.15, -0.1) is 0 Å². The molecule has 0 bridgehead atoms. The second kappa shape index (κ2) is 9.58. The van der Waals surface area contributed by atoms with Crippen LogP contribution in [0.25, 0.3) is 22.6 Å². The van der Waals surface area contributed by atoms with Crippen LogP contribution in [-0.2, 0) is 21.8 Å². The zero-order valence-electron chi connectivity index (χ0n) is 21.4. The molecule has 37 heavy (non-hydrogen) atoms. The Morgan fingerprint density at radius 3 is 2.57 bits per heavy atom. The number of nitrogens with zero attached hydrogens (tertiary/aromatic N) is 7. The zero-order chi connectivity index (χ0) is 26.5. The summed E-state index contributed by atoms with van der Waals surface area (Å²) in [7, 11) is -0.259. The van der Waals surface area contributed by atoms with E-state index in [1.54, 1.807) is 30.8 Å². The summed E-state index contributed by atoms with van der Waals surface area (Å²) < 4.78 is 36.0. The molecule has 1 aliphatic rings. The normalized spacial score (nSPS) is 16.3. The van der Waals surface area contributed by atoms with Crippen LogP contribution in [0, 0.1) is 13.8 Å². The number of pyridine rings is 1. The van der Waals surface area contributed by atoms with Crippen LogP contribution >= 0.6 is 11.6 Å². The van der Waals surface area contributed by atoms with Gasteiger partial charge in [0, 0.05) is 32.3 Å². The Bertz CT molecular complexity index is 1590. The minimum atomic E-state index is -3.57. The van der Waals surface area contributed by atoms with Crippen molar-refractivity contribution in [1.29, 1.82) is 0 Å². The van der Waals surface area contributed by atoms with Gasteiger partial charge >= 0.3 is 0 Å². The lowest BCUT2D eigenvalue weighted by Gasteiger charge is -2.25. The molecule has 1 N–H and O–H groups in total. The summed E-state index contributed by atoms with van der Waals surface area (Å²) in [5, 5.41) is 7.96. The van der Waals surface area contributed by atoms with Gasteiger partial charge in [-0.05, 0) is 51.3 Å². The number of nitrogens with one attached hydrogen (secondary N) is 1. The van der Waals surface area contributed by atoms with Crippen molar-refractivity contribution in [2.75, 3.05) is 29.5 Å². The number of benzene rings is 1. The molecular formula is C24H29ClN8O3S. The SMILES string of the molecule is Cc1nc(-c2ccc(Nc3cc(Cl)nc4c3nc(C)n4C3CCCCO3)c(N(C)S(C)(=O)=O)c2)n(C)n1. The molecule has 1 aromatic carbocycles. The van der Waals surface area contributed by atoms with E-state index in [9.17, 15) is 8.42 Å². The average Bonchev–Trinajstić information content (AvgIpc) is 3.36. The monoisotopic (exact) mass is 544 g/mol. The summed E-state index contributed by atoms with van der Waals surface area (Å²) in [6.07, 6.45) is 3.97. The number of rotatable bonds is 6. The van der Waals surface area contributed by atoms with Crippen molar-refractivity contribution < 1.29 is 13.2 Å². The van der Waals surface area contributed by atoms with Crippen LogP contribution in [-0.4, -0.2) is 57.6 Å². The Kier molecular flexibility index (Phi) is 6.59. The van der Waals surface area contributed by atoms with Crippen molar-refractivity contribution in [2.24, 2.45) is 7.05 Å². The molecule has 1 saturated heterocycles. The smallest absolute Gasteiger partial charge is 0.232 e. The second-order valence-corrected chi connectivity index (χ2v) is 11.6. The van der Waals surface area contributed by atoms with E-state index >= 15 is 0 Å². The first kappa shape index (κ1) is 25.4. The number of aromatic nitrogens is 6. The van der Waals surface area contributed by atoms with Gasteiger partial charge in [0.1, 0.15) is 28.5 Å². The Hall–Kier alpha value is -3.22. The van der Waals surface area contributed by atoms with Crippen LogP contribution in [0.1, 0.15) is 37.1 Å². The largest absolute Gasteiger partial charge is 0.358 e. The molecule has 1 unspecified atom stereocenters. The molecule has 0 spiro atoms. The number of halogens is 1. The molecule has 4 heterocycles. The summed E-state index contributed by atoms with van der Waals surface area (Å²) in [6.45, 7) is 4.41. The van der Waals surface area contributed by atoms with Gasteiger partial charge in [-0.1, -0.05) is 11.6 Å². The molecule has 5 rings (SSSR count). The van der Waals surface area contributed by atoms with Crippen LogP contribution in [0.4, 0.5) is 17.1 Å².